The number of rotatable bonds is 5. The minimum absolute atomic E-state index is 0.236. The van der Waals surface area contributed by atoms with Crippen LogP contribution in [0.3, 0.4) is 0 Å². The molecule has 1 heterocycles. The van der Waals surface area contributed by atoms with Crippen molar-refractivity contribution in [2.24, 2.45) is 0 Å². The molecule has 1 aliphatic heterocycles. The van der Waals surface area contributed by atoms with E-state index in [-0.39, 0.29) is 6.61 Å². The van der Waals surface area contributed by atoms with Gasteiger partial charge in [-0.3, -0.25) is 19.2 Å². The highest BCUT2D eigenvalue weighted by atomic mass is 79.9. The molecule has 0 aromatic rings. The monoisotopic (exact) mass is 410 g/mol. The van der Waals surface area contributed by atoms with Crippen molar-refractivity contribution in [2.45, 2.75) is 57.1 Å². The van der Waals surface area contributed by atoms with Crippen LogP contribution in [0.25, 0.3) is 0 Å². The maximum atomic E-state index is 11.4. The molecule has 0 aliphatic carbocycles. The molecular formula is C14H19BrO9. The van der Waals surface area contributed by atoms with E-state index in [2.05, 4.69) is 15.9 Å². The Bertz CT molecular complexity index is 506. The molecule has 1 fully saturated rings. The van der Waals surface area contributed by atoms with Gasteiger partial charge in [0.15, 0.2) is 23.3 Å². The summed E-state index contributed by atoms with van der Waals surface area (Å²) in [7, 11) is 0. The standard InChI is InChI=1S/C14H19BrO9/c1-6(16)20-5-10-11(21-7(2)17)12(22-8(3)18)13(14(15)24-10)23-9(4)19/h10-14H,5H2,1-4H3/t10?,11-,12+,13?,14-/m1/s1. The Morgan fingerprint density at radius 2 is 1.25 bits per heavy atom. The Hall–Kier alpha value is -1.68. The Kier molecular flexibility index (Phi) is 7.61. The van der Waals surface area contributed by atoms with E-state index in [9.17, 15) is 19.2 Å². The molecule has 1 rings (SSSR count). The van der Waals surface area contributed by atoms with Gasteiger partial charge in [0.2, 0.25) is 0 Å². The van der Waals surface area contributed by atoms with Crippen LogP contribution in [0.2, 0.25) is 0 Å². The highest BCUT2D eigenvalue weighted by molar-refractivity contribution is 9.09. The van der Waals surface area contributed by atoms with Crippen molar-refractivity contribution in [1.29, 1.82) is 0 Å². The second-order valence-electron chi connectivity index (χ2n) is 5.05. The van der Waals surface area contributed by atoms with Gasteiger partial charge < -0.3 is 23.7 Å². The van der Waals surface area contributed by atoms with Gasteiger partial charge >= 0.3 is 23.9 Å². The normalized spacial score (nSPS) is 29.3. The minimum Gasteiger partial charge on any atom is -0.463 e. The number of hydrogen-bond donors (Lipinski definition) is 0. The lowest BCUT2D eigenvalue weighted by molar-refractivity contribution is -0.236. The molecule has 0 aromatic carbocycles. The van der Waals surface area contributed by atoms with Crippen molar-refractivity contribution in [3.63, 3.8) is 0 Å². The van der Waals surface area contributed by atoms with E-state index >= 15 is 0 Å². The Balaban J connectivity index is 3.11. The predicted molar refractivity (Wildman–Crippen MR) is 80.9 cm³/mol. The van der Waals surface area contributed by atoms with Gasteiger partial charge in [-0.15, -0.1) is 0 Å². The molecule has 24 heavy (non-hydrogen) atoms. The van der Waals surface area contributed by atoms with Crippen LogP contribution in [0, 0.1) is 0 Å². The van der Waals surface area contributed by atoms with E-state index in [1.165, 1.54) is 13.8 Å². The lowest BCUT2D eigenvalue weighted by Crippen LogP contribution is -2.60. The number of esters is 4. The first-order chi connectivity index (χ1) is 11.1. The molecular weight excluding hydrogens is 392 g/mol. The zero-order valence-corrected chi connectivity index (χ0v) is 15.2. The molecule has 0 amide bonds. The summed E-state index contributed by atoms with van der Waals surface area (Å²) < 4.78 is 25.9. The number of carbonyl (C=O) groups is 4. The van der Waals surface area contributed by atoms with Crippen LogP contribution in [0.1, 0.15) is 27.7 Å². The Morgan fingerprint density at radius 1 is 0.792 bits per heavy atom. The highest BCUT2D eigenvalue weighted by Crippen LogP contribution is 2.31. The third-order valence-corrected chi connectivity index (χ3v) is 3.67. The van der Waals surface area contributed by atoms with Crippen LogP contribution in [-0.2, 0) is 42.9 Å². The first-order valence-electron chi connectivity index (χ1n) is 7.06. The van der Waals surface area contributed by atoms with Crippen LogP contribution < -0.4 is 0 Å². The lowest BCUT2D eigenvalue weighted by atomic mass is 9.99. The molecule has 0 bridgehead atoms. The molecule has 0 saturated carbocycles. The van der Waals surface area contributed by atoms with E-state index < -0.39 is 53.3 Å². The van der Waals surface area contributed by atoms with Crippen LogP contribution >= 0.6 is 15.9 Å². The number of hydrogen-bond acceptors (Lipinski definition) is 9. The van der Waals surface area contributed by atoms with Gasteiger partial charge in [-0.25, -0.2) is 0 Å². The minimum atomic E-state index is -1.13. The first kappa shape index (κ1) is 20.4. The van der Waals surface area contributed by atoms with Crippen LogP contribution in [-0.4, -0.2) is 59.9 Å². The molecule has 2 unspecified atom stereocenters. The maximum Gasteiger partial charge on any atom is 0.303 e. The number of halogens is 1. The van der Waals surface area contributed by atoms with Gasteiger partial charge in [0.25, 0.3) is 0 Å². The second-order valence-corrected chi connectivity index (χ2v) is 5.95. The van der Waals surface area contributed by atoms with Gasteiger partial charge in [-0.1, -0.05) is 15.9 Å². The molecule has 0 aromatic heterocycles. The van der Waals surface area contributed by atoms with Crippen LogP contribution in [0.15, 0.2) is 0 Å². The molecule has 136 valence electrons. The molecule has 1 saturated heterocycles. The fraction of sp³-hybridized carbons (Fsp3) is 0.714. The fourth-order valence-corrected chi connectivity index (χ4v) is 2.86. The molecule has 1 aliphatic rings. The summed E-state index contributed by atoms with van der Waals surface area (Å²) in [5, 5.41) is -0.863. The molecule has 10 heteroatoms. The highest BCUT2D eigenvalue weighted by Gasteiger charge is 2.51. The summed E-state index contributed by atoms with van der Waals surface area (Å²) in [5.74, 6) is -2.52. The first-order valence-corrected chi connectivity index (χ1v) is 7.98. The van der Waals surface area contributed by atoms with Crippen molar-refractivity contribution < 1.29 is 42.9 Å². The van der Waals surface area contributed by atoms with Crippen LogP contribution in [0.4, 0.5) is 0 Å². The molecule has 0 radical (unpaired) electrons. The van der Waals surface area contributed by atoms with E-state index in [1.54, 1.807) is 0 Å². The topological polar surface area (TPSA) is 114 Å². The lowest BCUT2D eigenvalue weighted by Gasteiger charge is -2.42. The zero-order valence-electron chi connectivity index (χ0n) is 13.6. The SMILES string of the molecule is CC(=O)OCC1O[C@@H](Br)C(OC(C)=O)[C@@H](OC(C)=O)[C@@H]1OC(C)=O. The van der Waals surface area contributed by atoms with Crippen LogP contribution in [0.5, 0.6) is 0 Å². The Labute approximate surface area is 147 Å². The van der Waals surface area contributed by atoms with E-state index in [4.69, 9.17) is 23.7 Å². The number of ether oxygens (including phenoxy) is 5. The zero-order chi connectivity index (χ0) is 18.4. The summed E-state index contributed by atoms with van der Waals surface area (Å²) in [5.41, 5.74) is 0. The molecule has 9 nitrogen and oxygen atoms in total. The van der Waals surface area contributed by atoms with Crippen molar-refractivity contribution in [3.8, 4) is 0 Å². The molecule has 5 atom stereocenters. The predicted octanol–water partition coefficient (Wildman–Crippen LogP) is 0.464. The van der Waals surface area contributed by atoms with Crippen molar-refractivity contribution in [1.82, 2.24) is 0 Å². The summed E-state index contributed by atoms with van der Waals surface area (Å²) in [6.07, 6.45) is -4.22. The maximum absolute atomic E-state index is 11.4. The van der Waals surface area contributed by atoms with Gasteiger partial charge in [-0.05, 0) is 0 Å². The molecule has 0 N–H and O–H groups in total. The summed E-state index contributed by atoms with van der Waals surface area (Å²) in [6.45, 7) is 4.47. The van der Waals surface area contributed by atoms with Crippen molar-refractivity contribution >= 4 is 39.8 Å². The van der Waals surface area contributed by atoms with E-state index in [0.717, 1.165) is 13.8 Å². The third-order valence-electron chi connectivity index (χ3n) is 2.93. The molecule has 0 spiro atoms. The second kappa shape index (κ2) is 8.97. The van der Waals surface area contributed by atoms with Gasteiger partial charge in [0, 0.05) is 27.7 Å². The van der Waals surface area contributed by atoms with Gasteiger partial charge in [-0.2, -0.15) is 0 Å². The third kappa shape index (κ3) is 6.08. The number of alkyl halides is 1. The van der Waals surface area contributed by atoms with E-state index in [1.807, 2.05) is 0 Å². The fourth-order valence-electron chi connectivity index (χ4n) is 2.18. The average molecular weight is 411 g/mol. The van der Waals surface area contributed by atoms with E-state index in [0.29, 0.717) is 0 Å². The number of carbonyl (C=O) groups excluding carboxylic acids is 4. The quantitative estimate of drug-likeness (QED) is 0.362. The van der Waals surface area contributed by atoms with Gasteiger partial charge in [0.05, 0.1) is 0 Å². The smallest absolute Gasteiger partial charge is 0.303 e. The summed E-state index contributed by atoms with van der Waals surface area (Å²) in [4.78, 5) is 45.1. The Morgan fingerprint density at radius 3 is 1.71 bits per heavy atom. The van der Waals surface area contributed by atoms with Crippen molar-refractivity contribution in [3.05, 3.63) is 0 Å². The summed E-state index contributed by atoms with van der Waals surface area (Å²) >= 11 is 3.18. The largest absolute Gasteiger partial charge is 0.463 e. The van der Waals surface area contributed by atoms with Gasteiger partial charge in [0.1, 0.15) is 12.7 Å². The average Bonchev–Trinajstić information content (AvgIpc) is 2.42. The van der Waals surface area contributed by atoms with Crippen molar-refractivity contribution in [2.75, 3.05) is 6.61 Å². The summed E-state index contributed by atoms with van der Waals surface area (Å²) in [6, 6.07) is 0.